The summed E-state index contributed by atoms with van der Waals surface area (Å²) in [4.78, 5) is 37.9. The van der Waals surface area contributed by atoms with Crippen LogP contribution in [0.2, 0.25) is 0 Å². The summed E-state index contributed by atoms with van der Waals surface area (Å²) in [7, 11) is -4.52. The molecule has 1 fully saturated rings. The minimum absolute atomic E-state index is 0.0332. The fourth-order valence-electron chi connectivity index (χ4n) is 3.61. The highest BCUT2D eigenvalue weighted by Gasteiger charge is 2.57. The molecule has 41 heavy (non-hydrogen) atoms. The molecule has 2 heterocycles. The summed E-state index contributed by atoms with van der Waals surface area (Å²) in [5, 5.41) is 24.2. The molecule has 0 spiro atoms. The molecule has 4 N–H and O–H groups in total. The van der Waals surface area contributed by atoms with Gasteiger partial charge in [-0.1, -0.05) is 24.1 Å². The van der Waals surface area contributed by atoms with Crippen LogP contribution in [0, 0.1) is 11.8 Å². The lowest BCUT2D eigenvalue weighted by molar-refractivity contribution is -0.149. The lowest BCUT2D eigenvalue weighted by atomic mass is 9.94. The first-order valence-corrected chi connectivity index (χ1v) is 13.5. The normalized spacial score (nSPS) is 24.7. The van der Waals surface area contributed by atoms with Crippen molar-refractivity contribution in [2.75, 3.05) is 6.61 Å². The van der Waals surface area contributed by atoms with Crippen molar-refractivity contribution in [3.8, 4) is 17.6 Å². The number of H-pyrrole nitrogens is 1. The van der Waals surface area contributed by atoms with Crippen molar-refractivity contribution in [2.45, 2.75) is 63.1 Å². The Morgan fingerprint density at radius 3 is 2.49 bits per heavy atom. The van der Waals surface area contributed by atoms with Crippen molar-refractivity contribution in [1.29, 1.82) is 0 Å². The third-order valence-electron chi connectivity index (χ3n) is 5.43. The fourth-order valence-corrected chi connectivity index (χ4v) is 5.11. The first kappa shape index (κ1) is 32.1. The van der Waals surface area contributed by atoms with E-state index in [0.29, 0.717) is 4.57 Å². The van der Waals surface area contributed by atoms with Crippen LogP contribution in [0.3, 0.4) is 0 Å². The molecule has 1 saturated heterocycles. The first-order chi connectivity index (χ1) is 19.0. The van der Waals surface area contributed by atoms with Crippen LogP contribution in [0.15, 0.2) is 52.2 Å². The van der Waals surface area contributed by atoms with Crippen molar-refractivity contribution < 1.29 is 51.3 Å². The molecule has 3 rings (SSSR count). The second-order valence-electron chi connectivity index (χ2n) is 9.10. The van der Waals surface area contributed by atoms with Crippen LogP contribution in [-0.2, 0) is 23.4 Å². The van der Waals surface area contributed by atoms with E-state index in [4.69, 9.17) is 18.5 Å². The SMILES string of the molecule is CC(C)OC(=O)[C@H](C)NP(=O)(OC[C@H]1O[C@@H](n2ccc(=O)[nH]c2=O)[C@@](O)(C#CC(F)(F)F)[C@@H]1O)Oc1ccccc1. The monoisotopic (exact) mass is 605 g/mol. The van der Waals surface area contributed by atoms with E-state index in [2.05, 4.69) is 5.09 Å². The number of hydrogen-bond donors (Lipinski definition) is 4. The van der Waals surface area contributed by atoms with Crippen LogP contribution in [0.4, 0.5) is 13.2 Å². The number of benzene rings is 1. The lowest BCUT2D eigenvalue weighted by Crippen LogP contribution is -2.48. The van der Waals surface area contributed by atoms with E-state index in [1.165, 1.54) is 25.0 Å². The zero-order valence-corrected chi connectivity index (χ0v) is 22.7. The topological polar surface area (TPSA) is 178 Å². The van der Waals surface area contributed by atoms with Gasteiger partial charge in [0.2, 0.25) is 0 Å². The number of nitrogens with one attached hydrogen (secondary N) is 2. The van der Waals surface area contributed by atoms with E-state index < -0.39 is 73.9 Å². The molecule has 1 aromatic carbocycles. The van der Waals surface area contributed by atoms with E-state index in [0.717, 1.165) is 18.2 Å². The number of halogens is 3. The summed E-state index contributed by atoms with van der Waals surface area (Å²) in [6.07, 6.45) is -10.9. The van der Waals surface area contributed by atoms with Gasteiger partial charge in [-0.2, -0.15) is 18.3 Å². The molecule has 1 aliphatic rings. The highest BCUT2D eigenvalue weighted by Crippen LogP contribution is 2.47. The van der Waals surface area contributed by atoms with Crippen LogP contribution in [0.1, 0.15) is 27.0 Å². The van der Waals surface area contributed by atoms with Gasteiger partial charge in [-0.3, -0.25) is 23.7 Å². The molecule has 13 nitrogen and oxygen atoms in total. The molecule has 0 radical (unpaired) electrons. The zero-order valence-electron chi connectivity index (χ0n) is 21.8. The maximum Gasteiger partial charge on any atom is 0.459 e. The highest BCUT2D eigenvalue weighted by atomic mass is 31.2. The first-order valence-electron chi connectivity index (χ1n) is 12.0. The Morgan fingerprint density at radius 1 is 1.24 bits per heavy atom. The number of carbonyl (C=O) groups excluding carboxylic acids is 1. The number of aromatic amines is 1. The Balaban J connectivity index is 1.92. The summed E-state index contributed by atoms with van der Waals surface area (Å²) in [6.45, 7) is 3.58. The second-order valence-corrected chi connectivity index (χ2v) is 10.8. The summed E-state index contributed by atoms with van der Waals surface area (Å²) in [5.74, 6) is 1.55. The molecule has 0 amide bonds. The summed E-state index contributed by atoms with van der Waals surface area (Å²) < 4.78 is 74.2. The Kier molecular flexibility index (Phi) is 9.85. The van der Waals surface area contributed by atoms with Crippen LogP contribution in [-0.4, -0.2) is 68.5 Å². The van der Waals surface area contributed by atoms with Crippen LogP contribution in [0.5, 0.6) is 5.75 Å². The van der Waals surface area contributed by atoms with Crippen LogP contribution < -0.4 is 20.9 Å². The Bertz CT molecular complexity index is 1450. The minimum Gasteiger partial charge on any atom is -0.462 e. The molecular weight excluding hydrogens is 578 g/mol. The van der Waals surface area contributed by atoms with Gasteiger partial charge in [-0.25, -0.2) is 9.36 Å². The number of para-hydroxylation sites is 1. The molecule has 0 aliphatic carbocycles. The lowest BCUT2D eigenvalue weighted by Gasteiger charge is -2.26. The largest absolute Gasteiger partial charge is 0.462 e. The Hall–Kier alpha value is -3.45. The number of nitrogens with zero attached hydrogens (tertiary/aromatic N) is 1. The molecule has 2 aromatic rings. The van der Waals surface area contributed by atoms with Gasteiger partial charge in [0.25, 0.3) is 5.56 Å². The van der Waals surface area contributed by atoms with Gasteiger partial charge < -0.3 is 24.2 Å². The maximum atomic E-state index is 13.7. The van der Waals surface area contributed by atoms with Gasteiger partial charge in [0.15, 0.2) is 11.8 Å². The van der Waals surface area contributed by atoms with Gasteiger partial charge in [0.05, 0.1) is 12.7 Å². The summed E-state index contributed by atoms with van der Waals surface area (Å²) in [6, 6.07) is 7.14. The molecule has 1 aromatic heterocycles. The quantitative estimate of drug-likeness (QED) is 0.174. The average molecular weight is 605 g/mol. The van der Waals surface area contributed by atoms with E-state index in [1.807, 2.05) is 4.98 Å². The van der Waals surface area contributed by atoms with Crippen molar-refractivity contribution >= 4 is 13.7 Å². The predicted octanol–water partition coefficient (Wildman–Crippen LogP) is 1.23. The molecule has 0 saturated carbocycles. The van der Waals surface area contributed by atoms with E-state index in [9.17, 15) is 42.3 Å². The van der Waals surface area contributed by atoms with Gasteiger partial charge in [0.1, 0.15) is 24.0 Å². The van der Waals surface area contributed by atoms with E-state index >= 15 is 0 Å². The van der Waals surface area contributed by atoms with Crippen molar-refractivity contribution in [1.82, 2.24) is 14.6 Å². The molecule has 224 valence electrons. The molecule has 1 unspecified atom stereocenters. The number of hydrogen-bond acceptors (Lipinski definition) is 10. The highest BCUT2D eigenvalue weighted by molar-refractivity contribution is 7.52. The van der Waals surface area contributed by atoms with Gasteiger partial charge in [0, 0.05) is 18.2 Å². The number of aliphatic hydroxyl groups is 2. The number of aromatic nitrogens is 2. The van der Waals surface area contributed by atoms with Crippen LogP contribution >= 0.6 is 7.75 Å². The number of rotatable bonds is 10. The van der Waals surface area contributed by atoms with Gasteiger partial charge in [-0.05, 0) is 32.9 Å². The summed E-state index contributed by atoms with van der Waals surface area (Å²) in [5.41, 5.74) is -5.11. The van der Waals surface area contributed by atoms with Gasteiger partial charge >= 0.3 is 25.6 Å². The molecular formula is C24H27F3N3O10P. The molecule has 0 bridgehead atoms. The Morgan fingerprint density at radius 2 is 1.90 bits per heavy atom. The fraction of sp³-hybridized carbons (Fsp3) is 0.458. The number of alkyl halides is 3. The van der Waals surface area contributed by atoms with Gasteiger partial charge in [-0.15, -0.1) is 0 Å². The number of aliphatic hydroxyl groups excluding tert-OH is 1. The smallest absolute Gasteiger partial charge is 0.459 e. The zero-order chi connectivity index (χ0) is 30.6. The minimum atomic E-state index is -5.10. The third kappa shape index (κ3) is 8.29. The predicted molar refractivity (Wildman–Crippen MR) is 134 cm³/mol. The third-order valence-corrected chi connectivity index (χ3v) is 7.07. The second kappa shape index (κ2) is 12.6. The summed E-state index contributed by atoms with van der Waals surface area (Å²) >= 11 is 0. The maximum absolute atomic E-state index is 13.7. The standard InChI is InChI=1S/C24H27F3N3O10P/c1-14(2)38-20(33)15(3)29-41(36,40-16-7-5-4-6-8-16)37-13-17-19(32)23(35,10-11-24(25,26)27)21(39-17)30-12-9-18(31)28-22(30)34/h4-9,12,14-15,17,19,21,32,35H,13H2,1-3H3,(H,29,36)(H,28,31,34)/t15-,17+,19+,21+,23+,41?/m0/s1. The number of carbonyl (C=O) groups is 1. The van der Waals surface area contributed by atoms with Crippen molar-refractivity contribution in [3.05, 3.63) is 63.4 Å². The molecule has 17 heteroatoms. The van der Waals surface area contributed by atoms with E-state index in [-0.39, 0.29) is 5.75 Å². The number of ether oxygens (including phenoxy) is 2. The van der Waals surface area contributed by atoms with Crippen molar-refractivity contribution in [2.24, 2.45) is 0 Å². The average Bonchev–Trinajstić information content (AvgIpc) is 3.11. The van der Waals surface area contributed by atoms with Crippen molar-refractivity contribution in [3.63, 3.8) is 0 Å². The molecule has 6 atom stereocenters. The Labute approximate surface area is 230 Å². The van der Waals surface area contributed by atoms with Crippen LogP contribution in [0.25, 0.3) is 0 Å². The molecule has 1 aliphatic heterocycles. The van der Waals surface area contributed by atoms with E-state index in [1.54, 1.807) is 32.0 Å². The number of esters is 1.